The van der Waals surface area contributed by atoms with Crippen molar-refractivity contribution in [1.82, 2.24) is 0 Å². The highest BCUT2D eigenvalue weighted by Gasteiger charge is 2.53. The quantitative estimate of drug-likeness (QED) is 0.0385. The number of aliphatic hydroxyl groups is 2. The highest BCUT2D eigenvalue weighted by Crippen LogP contribution is 2.56. The van der Waals surface area contributed by atoms with Crippen LogP contribution in [0.4, 0.5) is 0 Å². The van der Waals surface area contributed by atoms with Crippen LogP contribution in [-0.4, -0.2) is 132 Å². The summed E-state index contributed by atoms with van der Waals surface area (Å²) in [6.45, 7) is -1.27. The number of rotatable bonds is 4. The summed E-state index contributed by atoms with van der Waals surface area (Å²) in [5.74, 6) is -22.6. The van der Waals surface area contributed by atoms with E-state index in [-0.39, 0.29) is 0 Å². The van der Waals surface area contributed by atoms with Gasteiger partial charge in [0, 0.05) is 33.0 Å². The normalized spacial score (nSPS) is 19.4. The maximum Gasteiger partial charge on any atom is 0.345 e. The van der Waals surface area contributed by atoms with E-state index in [2.05, 4.69) is 0 Å². The van der Waals surface area contributed by atoms with Crippen LogP contribution in [0, 0.1) is 0 Å². The maximum atomic E-state index is 14.5. The van der Waals surface area contributed by atoms with Crippen molar-refractivity contribution in [2.24, 2.45) is 0 Å². The van der Waals surface area contributed by atoms with Crippen molar-refractivity contribution < 1.29 is 119 Å². The molecule has 2 aliphatic heterocycles. The van der Waals surface area contributed by atoms with Gasteiger partial charge in [0.1, 0.15) is 6.10 Å². The molecule has 0 aliphatic carbocycles. The summed E-state index contributed by atoms with van der Waals surface area (Å²) in [7, 11) is 0. The Labute approximate surface area is 365 Å². The fraction of sp³-hybridized carbons (Fsp3) is 0.146. The van der Waals surface area contributed by atoms with Crippen LogP contribution in [0.2, 0.25) is 0 Å². The average Bonchev–Trinajstić information content (AvgIpc) is 3.28. The van der Waals surface area contributed by atoms with E-state index in [1.165, 1.54) is 0 Å². The number of benzene rings is 5. The second-order valence-electron chi connectivity index (χ2n) is 14.8. The molecule has 1 saturated heterocycles. The number of ether oxygens (including phenoxy) is 4. The first-order chi connectivity index (χ1) is 31.6. The summed E-state index contributed by atoms with van der Waals surface area (Å²) in [6.07, 6.45) is -11.7. The molecule has 7 aromatic rings. The molecule has 0 unspecified atom stereocenters. The number of fused-ring (bicyclic) bond motifs is 4. The fourth-order valence-corrected chi connectivity index (χ4v) is 8.10. The molecule has 0 amide bonds. The number of phenolic OH excluding ortho intramolecular Hbond substituents is 13. The van der Waals surface area contributed by atoms with Crippen molar-refractivity contribution in [3.63, 3.8) is 0 Å². The molecule has 2 aromatic heterocycles. The van der Waals surface area contributed by atoms with Gasteiger partial charge in [-0.15, -0.1) is 0 Å². The first-order valence-corrected chi connectivity index (χ1v) is 18.7. The van der Waals surface area contributed by atoms with Crippen molar-refractivity contribution in [2.45, 2.75) is 30.7 Å². The molecule has 2 aliphatic rings. The van der Waals surface area contributed by atoms with E-state index in [1.54, 1.807) is 0 Å². The lowest BCUT2D eigenvalue weighted by molar-refractivity contribution is -0.284. The molecular weight excluding hydrogens is 908 g/mol. The number of aromatic hydroxyl groups is 13. The van der Waals surface area contributed by atoms with Gasteiger partial charge in [-0.2, -0.15) is 0 Å². The van der Waals surface area contributed by atoms with E-state index < -0.39 is 213 Å². The third kappa shape index (κ3) is 5.97. The Kier molecular flexibility index (Phi) is 9.39. The second kappa shape index (κ2) is 14.6. The largest absolute Gasteiger partial charge is 0.504 e. The van der Waals surface area contributed by atoms with Gasteiger partial charge in [0.05, 0.1) is 34.1 Å². The van der Waals surface area contributed by atoms with E-state index in [1.807, 2.05) is 0 Å². The standard InChI is InChI=1S/C41H26O26/c42-5-14-31(34-35(41(61)62-14)67-38(58)7-2-11(44)23(48)27(52)16(7)15-6(37(57)66-34)1-10(43)22(47)26(15)51)63-36(56)8-3-12(45)24(49)28(53)17(8)19-21-20-18-9(39(59)64-33(20)30(55)29(19)54)4-13(46)25(50)32(18)65-40(21)60/h1-4,14,31,34-35,41-55,61H,5H2/t14-,31-,34+,35-,41-/m1/s1. The van der Waals surface area contributed by atoms with E-state index in [4.69, 9.17) is 27.8 Å². The van der Waals surface area contributed by atoms with E-state index >= 15 is 0 Å². The lowest BCUT2D eigenvalue weighted by Crippen LogP contribution is -2.62. The minimum absolute atomic E-state index is 0.357. The number of aliphatic hydroxyl groups excluding tert-OH is 2. The topological polar surface area (TPSA) is 452 Å². The lowest BCUT2D eigenvalue weighted by Gasteiger charge is -2.43. The third-order valence-corrected chi connectivity index (χ3v) is 11.1. The van der Waals surface area contributed by atoms with Crippen molar-refractivity contribution in [1.29, 1.82) is 0 Å². The van der Waals surface area contributed by atoms with Gasteiger partial charge in [0.25, 0.3) is 0 Å². The average molecular weight is 935 g/mol. The molecule has 0 spiro atoms. The summed E-state index contributed by atoms with van der Waals surface area (Å²) >= 11 is 0. The Morgan fingerprint density at radius 3 is 1.57 bits per heavy atom. The van der Waals surface area contributed by atoms with Gasteiger partial charge in [-0.3, -0.25) is 0 Å². The SMILES string of the molecule is O=C1O[C@@H]2[C@@H](OC(=O)c3cc(O)c(O)c(O)c3-c3c1cc(O)c(O)c3O)[C@H](O)O[C@H](CO)[C@H]2OC(=O)c1cc(O)c(O)c(O)c1-c1c(O)c(O)c2oc(=O)c3cc(O)c(O)c4oc(=O)c1c2c43. The highest BCUT2D eigenvalue weighted by molar-refractivity contribution is 6.26. The molecule has 26 heteroatoms. The lowest BCUT2D eigenvalue weighted by atomic mass is 9.90. The highest BCUT2D eigenvalue weighted by atomic mass is 16.7. The second-order valence-corrected chi connectivity index (χ2v) is 14.8. The molecule has 0 bridgehead atoms. The Bertz CT molecular complexity index is 3490. The van der Waals surface area contributed by atoms with Crippen molar-refractivity contribution in [3.8, 4) is 97.0 Å². The van der Waals surface area contributed by atoms with Crippen LogP contribution in [0.25, 0.3) is 55.0 Å². The van der Waals surface area contributed by atoms with Gasteiger partial charge in [-0.05, 0) is 24.3 Å². The summed E-state index contributed by atoms with van der Waals surface area (Å²) in [5.41, 5.74) is -12.4. The van der Waals surface area contributed by atoms with Crippen LogP contribution >= 0.6 is 0 Å². The van der Waals surface area contributed by atoms with Crippen molar-refractivity contribution in [3.05, 3.63) is 61.8 Å². The van der Waals surface area contributed by atoms with E-state index in [0.717, 1.165) is 0 Å². The van der Waals surface area contributed by atoms with Crippen LogP contribution in [-0.2, 0) is 18.9 Å². The molecular formula is C41H26O26. The Hall–Kier alpha value is -9.27. The van der Waals surface area contributed by atoms with E-state index in [0.29, 0.717) is 24.3 Å². The van der Waals surface area contributed by atoms with Gasteiger partial charge in [-0.1, -0.05) is 0 Å². The molecule has 5 atom stereocenters. The zero-order valence-electron chi connectivity index (χ0n) is 32.6. The number of hydrogen-bond donors (Lipinski definition) is 15. The van der Waals surface area contributed by atoms with Gasteiger partial charge < -0.3 is 104 Å². The number of phenols is 13. The minimum Gasteiger partial charge on any atom is -0.504 e. The summed E-state index contributed by atoms with van der Waals surface area (Å²) in [4.78, 5) is 69.3. The van der Waals surface area contributed by atoms with Crippen LogP contribution in [0.5, 0.6) is 74.7 Å². The first-order valence-electron chi connectivity index (χ1n) is 18.7. The summed E-state index contributed by atoms with van der Waals surface area (Å²) < 4.78 is 32.1. The number of carbonyl (C=O) groups is 3. The molecule has 9 rings (SSSR count). The van der Waals surface area contributed by atoms with Crippen LogP contribution < -0.4 is 11.3 Å². The monoisotopic (exact) mass is 934 g/mol. The number of carbonyl (C=O) groups excluding carboxylic acids is 3. The Morgan fingerprint density at radius 1 is 0.522 bits per heavy atom. The molecule has 5 aromatic carbocycles. The van der Waals surface area contributed by atoms with E-state index in [9.17, 15) is 101 Å². The minimum atomic E-state index is -2.45. The molecule has 1 fully saturated rings. The van der Waals surface area contributed by atoms with Crippen LogP contribution in [0.3, 0.4) is 0 Å². The number of esters is 3. The van der Waals surface area contributed by atoms with Crippen molar-refractivity contribution in [2.75, 3.05) is 6.61 Å². The molecule has 0 radical (unpaired) electrons. The summed E-state index contributed by atoms with van der Waals surface area (Å²) in [6, 6.07) is 1.92. The molecule has 4 heterocycles. The smallest absolute Gasteiger partial charge is 0.345 e. The fourth-order valence-electron chi connectivity index (χ4n) is 8.10. The van der Waals surface area contributed by atoms with Gasteiger partial charge in [0.2, 0.25) is 28.7 Å². The molecule has 26 nitrogen and oxygen atoms in total. The van der Waals surface area contributed by atoms with Gasteiger partial charge in [0.15, 0.2) is 81.8 Å². The predicted molar refractivity (Wildman–Crippen MR) is 212 cm³/mol. The predicted octanol–water partition coefficient (Wildman–Crippen LogP) is 0.997. The zero-order valence-corrected chi connectivity index (χ0v) is 32.6. The van der Waals surface area contributed by atoms with Gasteiger partial charge in [-0.25, -0.2) is 24.0 Å². The van der Waals surface area contributed by atoms with Crippen LogP contribution in [0.15, 0.2) is 42.7 Å². The number of hydrogen-bond acceptors (Lipinski definition) is 26. The molecule has 67 heavy (non-hydrogen) atoms. The third-order valence-electron chi connectivity index (χ3n) is 11.1. The van der Waals surface area contributed by atoms with Gasteiger partial charge >= 0.3 is 29.2 Å². The van der Waals surface area contributed by atoms with Crippen LogP contribution in [0.1, 0.15) is 31.1 Å². The molecule has 15 N–H and O–H groups in total. The summed E-state index contributed by atoms with van der Waals surface area (Å²) in [5, 5.41) is 158. The maximum absolute atomic E-state index is 14.5. The Balaban J connectivity index is 1.24. The first kappa shape index (κ1) is 43.0. The molecule has 0 saturated carbocycles. The van der Waals surface area contributed by atoms with Crippen molar-refractivity contribution >= 4 is 50.6 Å². The Morgan fingerprint density at radius 2 is 1.00 bits per heavy atom. The zero-order chi connectivity index (χ0) is 48.6. The molecule has 346 valence electrons.